The minimum absolute atomic E-state index is 0.136. The molecule has 0 bridgehead atoms. The number of methoxy groups -OCH3 is 1. The lowest BCUT2D eigenvalue weighted by atomic mass is 10.1. The minimum atomic E-state index is -0.136. The third kappa shape index (κ3) is 3.23. The molecule has 0 spiro atoms. The van der Waals surface area contributed by atoms with Gasteiger partial charge in [-0.15, -0.1) is 0 Å². The molecule has 0 saturated carbocycles. The van der Waals surface area contributed by atoms with Gasteiger partial charge in [-0.2, -0.15) is 5.26 Å². The van der Waals surface area contributed by atoms with Crippen molar-refractivity contribution in [3.63, 3.8) is 0 Å². The summed E-state index contributed by atoms with van der Waals surface area (Å²) in [5, 5.41) is 8.79. The van der Waals surface area contributed by atoms with Crippen molar-refractivity contribution in [1.82, 2.24) is 0 Å². The average Bonchev–Trinajstić information content (AvgIpc) is 2.53. The van der Waals surface area contributed by atoms with Crippen LogP contribution in [0.4, 0.5) is 5.69 Å². The van der Waals surface area contributed by atoms with Gasteiger partial charge in [-0.1, -0.05) is 0 Å². The number of ether oxygens (including phenoxy) is 1. The van der Waals surface area contributed by atoms with Crippen molar-refractivity contribution in [1.29, 1.82) is 5.26 Å². The Morgan fingerprint density at radius 1 is 1.24 bits per heavy atom. The van der Waals surface area contributed by atoms with E-state index in [1.807, 2.05) is 0 Å². The Balaban J connectivity index is 2.26. The number of nitrogens with zero attached hydrogens (tertiary/aromatic N) is 2. The summed E-state index contributed by atoms with van der Waals surface area (Å²) >= 11 is 3.37. The third-order valence-corrected chi connectivity index (χ3v) is 3.71. The van der Waals surface area contributed by atoms with Gasteiger partial charge in [0.25, 0.3) is 5.91 Å². The van der Waals surface area contributed by atoms with E-state index in [1.54, 1.807) is 56.6 Å². The first kappa shape index (κ1) is 15.1. The molecule has 0 aliphatic heterocycles. The van der Waals surface area contributed by atoms with Crippen LogP contribution in [0.5, 0.6) is 5.75 Å². The maximum atomic E-state index is 12.5. The van der Waals surface area contributed by atoms with Crippen molar-refractivity contribution in [2.24, 2.45) is 0 Å². The highest BCUT2D eigenvalue weighted by Gasteiger charge is 2.15. The zero-order valence-electron chi connectivity index (χ0n) is 11.6. The number of nitriles is 1. The van der Waals surface area contributed by atoms with Crippen LogP contribution in [-0.2, 0) is 0 Å². The van der Waals surface area contributed by atoms with Gasteiger partial charge in [0.15, 0.2) is 0 Å². The summed E-state index contributed by atoms with van der Waals surface area (Å²) in [5.41, 5.74) is 1.84. The highest BCUT2D eigenvalue weighted by Crippen LogP contribution is 2.26. The summed E-state index contributed by atoms with van der Waals surface area (Å²) in [7, 11) is 3.27. The van der Waals surface area contributed by atoms with Crippen LogP contribution in [0.3, 0.4) is 0 Å². The van der Waals surface area contributed by atoms with Gasteiger partial charge >= 0.3 is 0 Å². The molecule has 1 amide bonds. The summed E-state index contributed by atoms with van der Waals surface area (Å²) in [4.78, 5) is 14.0. The van der Waals surface area contributed by atoms with Crippen LogP contribution in [0.15, 0.2) is 46.9 Å². The molecule has 2 rings (SSSR count). The van der Waals surface area contributed by atoms with Gasteiger partial charge in [0.2, 0.25) is 0 Å². The standard InChI is InChI=1S/C16H13BrN2O2/c1-19(13-6-3-11(10-18)4-7-13)16(20)12-5-8-15(21-2)14(17)9-12/h3-9H,1-2H3. The predicted molar refractivity (Wildman–Crippen MR) is 84.6 cm³/mol. The molecule has 106 valence electrons. The second kappa shape index (κ2) is 6.42. The molecule has 0 unspecified atom stereocenters. The molecule has 0 N–H and O–H groups in total. The fourth-order valence-corrected chi connectivity index (χ4v) is 2.41. The number of hydrogen-bond donors (Lipinski definition) is 0. The van der Waals surface area contributed by atoms with E-state index in [4.69, 9.17) is 10.00 Å². The number of carbonyl (C=O) groups is 1. The zero-order chi connectivity index (χ0) is 15.4. The first-order valence-corrected chi connectivity index (χ1v) is 6.98. The molecule has 0 atom stereocenters. The van der Waals surface area contributed by atoms with Crippen molar-refractivity contribution in [2.45, 2.75) is 0 Å². The molecule has 0 radical (unpaired) electrons. The van der Waals surface area contributed by atoms with Crippen molar-refractivity contribution < 1.29 is 9.53 Å². The summed E-state index contributed by atoms with van der Waals surface area (Å²) in [6.07, 6.45) is 0. The van der Waals surface area contributed by atoms with Gasteiger partial charge in [-0.3, -0.25) is 4.79 Å². The Labute approximate surface area is 131 Å². The number of rotatable bonds is 3. The summed E-state index contributed by atoms with van der Waals surface area (Å²) in [5.74, 6) is 0.538. The first-order valence-electron chi connectivity index (χ1n) is 6.18. The van der Waals surface area contributed by atoms with E-state index in [9.17, 15) is 4.79 Å². The predicted octanol–water partition coefficient (Wildman–Crippen LogP) is 3.61. The number of anilines is 1. The molecule has 0 aliphatic rings. The first-order chi connectivity index (χ1) is 10.1. The molecule has 4 nitrogen and oxygen atoms in total. The van der Waals surface area contributed by atoms with E-state index in [0.29, 0.717) is 16.9 Å². The number of hydrogen-bond acceptors (Lipinski definition) is 3. The van der Waals surface area contributed by atoms with E-state index in [-0.39, 0.29) is 5.91 Å². The Bertz CT molecular complexity index is 705. The molecule has 0 heterocycles. The molecule has 21 heavy (non-hydrogen) atoms. The summed E-state index contributed by atoms with van der Waals surface area (Å²) in [6.45, 7) is 0. The maximum absolute atomic E-state index is 12.5. The lowest BCUT2D eigenvalue weighted by molar-refractivity contribution is 0.0993. The van der Waals surface area contributed by atoms with Gasteiger partial charge in [0.1, 0.15) is 5.75 Å². The fraction of sp³-hybridized carbons (Fsp3) is 0.125. The van der Waals surface area contributed by atoms with Crippen molar-refractivity contribution in [3.8, 4) is 11.8 Å². The highest BCUT2D eigenvalue weighted by molar-refractivity contribution is 9.10. The number of amides is 1. The Morgan fingerprint density at radius 3 is 2.43 bits per heavy atom. The van der Waals surface area contributed by atoms with E-state index in [2.05, 4.69) is 22.0 Å². The summed E-state index contributed by atoms with van der Waals surface area (Å²) in [6, 6.07) is 14.1. The van der Waals surface area contributed by atoms with Crippen molar-refractivity contribution in [3.05, 3.63) is 58.1 Å². The lowest BCUT2D eigenvalue weighted by Crippen LogP contribution is -2.26. The molecular formula is C16H13BrN2O2. The Kier molecular flexibility index (Phi) is 4.61. The van der Waals surface area contributed by atoms with E-state index in [1.165, 1.54) is 4.90 Å². The molecule has 5 heteroatoms. The van der Waals surface area contributed by atoms with Crippen LogP contribution in [-0.4, -0.2) is 20.1 Å². The molecule has 2 aromatic rings. The van der Waals surface area contributed by atoms with Crippen molar-refractivity contribution in [2.75, 3.05) is 19.1 Å². The maximum Gasteiger partial charge on any atom is 0.258 e. The average molecular weight is 345 g/mol. The van der Waals surface area contributed by atoms with Gasteiger partial charge in [0.05, 0.1) is 23.2 Å². The van der Waals surface area contributed by atoms with E-state index < -0.39 is 0 Å². The van der Waals surface area contributed by atoms with E-state index >= 15 is 0 Å². The number of halogens is 1. The second-order valence-electron chi connectivity index (χ2n) is 4.37. The lowest BCUT2D eigenvalue weighted by Gasteiger charge is -2.18. The second-order valence-corrected chi connectivity index (χ2v) is 5.23. The Hall–Kier alpha value is -2.32. The van der Waals surface area contributed by atoms with Gasteiger partial charge in [-0.25, -0.2) is 0 Å². The normalized spacial score (nSPS) is 9.81. The quantitative estimate of drug-likeness (QED) is 0.854. The SMILES string of the molecule is COc1ccc(C(=O)N(C)c2ccc(C#N)cc2)cc1Br. The molecule has 0 fully saturated rings. The fourth-order valence-electron chi connectivity index (χ4n) is 1.87. The minimum Gasteiger partial charge on any atom is -0.496 e. The van der Waals surface area contributed by atoms with Gasteiger partial charge < -0.3 is 9.64 Å². The topological polar surface area (TPSA) is 53.3 Å². The molecule has 0 aromatic heterocycles. The molecule has 0 saturated heterocycles. The van der Waals surface area contributed by atoms with Crippen LogP contribution >= 0.6 is 15.9 Å². The van der Waals surface area contributed by atoms with Crippen molar-refractivity contribution >= 4 is 27.5 Å². The van der Waals surface area contributed by atoms with Crippen LogP contribution in [0, 0.1) is 11.3 Å². The van der Waals surface area contributed by atoms with Crippen LogP contribution in [0.1, 0.15) is 15.9 Å². The van der Waals surface area contributed by atoms with Gasteiger partial charge in [-0.05, 0) is 58.4 Å². The number of benzene rings is 2. The summed E-state index contributed by atoms with van der Waals surface area (Å²) < 4.78 is 5.87. The highest BCUT2D eigenvalue weighted by atomic mass is 79.9. The smallest absolute Gasteiger partial charge is 0.258 e. The van der Waals surface area contributed by atoms with Crippen LogP contribution in [0.2, 0.25) is 0 Å². The van der Waals surface area contributed by atoms with Crippen LogP contribution < -0.4 is 9.64 Å². The van der Waals surface area contributed by atoms with E-state index in [0.717, 1.165) is 10.2 Å². The third-order valence-electron chi connectivity index (χ3n) is 3.09. The monoisotopic (exact) mass is 344 g/mol. The largest absolute Gasteiger partial charge is 0.496 e. The molecule has 0 aliphatic carbocycles. The number of carbonyl (C=O) groups excluding carboxylic acids is 1. The molecular weight excluding hydrogens is 332 g/mol. The molecule has 2 aromatic carbocycles. The zero-order valence-corrected chi connectivity index (χ0v) is 13.2. The Morgan fingerprint density at radius 2 is 1.90 bits per heavy atom. The van der Waals surface area contributed by atoms with Crippen LogP contribution in [0.25, 0.3) is 0 Å². The van der Waals surface area contributed by atoms with Gasteiger partial charge in [0, 0.05) is 18.3 Å².